The molecule has 0 saturated heterocycles. The molecule has 1 fully saturated rings. The molecule has 1 heterocycles. The molecule has 0 spiro atoms. The van der Waals surface area contributed by atoms with E-state index < -0.39 is 0 Å². The first-order valence-electron chi connectivity index (χ1n) is 7.67. The second kappa shape index (κ2) is 5.75. The van der Waals surface area contributed by atoms with E-state index >= 15 is 0 Å². The van der Waals surface area contributed by atoms with Crippen LogP contribution < -0.4 is 5.32 Å². The van der Waals surface area contributed by atoms with Gasteiger partial charge in [0.05, 0.1) is 0 Å². The maximum Gasteiger partial charge on any atom is 0.0221 e. The number of hydrogen-bond acceptors (Lipinski definition) is 2. The van der Waals surface area contributed by atoms with Crippen molar-refractivity contribution in [1.82, 2.24) is 10.2 Å². The van der Waals surface area contributed by atoms with E-state index in [2.05, 4.69) is 44.0 Å². The molecule has 1 aliphatic heterocycles. The van der Waals surface area contributed by atoms with Crippen LogP contribution in [-0.2, 0) is 0 Å². The summed E-state index contributed by atoms with van der Waals surface area (Å²) in [6.07, 6.45) is 7.78. The molecule has 1 atom stereocenters. The molecule has 1 unspecified atom stereocenters. The molecule has 2 aliphatic rings. The van der Waals surface area contributed by atoms with Crippen molar-refractivity contribution in [3.05, 3.63) is 11.6 Å². The van der Waals surface area contributed by atoms with E-state index in [4.69, 9.17) is 0 Å². The van der Waals surface area contributed by atoms with Crippen LogP contribution in [-0.4, -0.2) is 36.6 Å². The van der Waals surface area contributed by atoms with Gasteiger partial charge in [-0.15, -0.1) is 0 Å². The predicted octanol–water partition coefficient (Wildman–Crippen LogP) is 3.20. The minimum absolute atomic E-state index is 0.361. The fourth-order valence-electron chi connectivity index (χ4n) is 2.82. The minimum Gasteiger partial charge on any atom is -0.312 e. The van der Waals surface area contributed by atoms with Crippen LogP contribution >= 0.6 is 0 Å². The standard InChI is InChI=1S/C16H30N2/c1-5-15(12-17-14-6-7-14)18-10-8-13(9-11-18)16(2,3)4/h8,14-15,17H,5-7,9-12H2,1-4H3. The lowest BCUT2D eigenvalue weighted by Crippen LogP contribution is -2.45. The van der Waals surface area contributed by atoms with Crippen LogP contribution in [0.15, 0.2) is 11.6 Å². The van der Waals surface area contributed by atoms with Crippen molar-refractivity contribution in [3.63, 3.8) is 0 Å². The molecule has 0 aromatic rings. The zero-order valence-electron chi connectivity index (χ0n) is 12.6. The molecule has 1 aliphatic carbocycles. The average molecular weight is 250 g/mol. The van der Waals surface area contributed by atoms with E-state index in [1.165, 1.54) is 38.8 Å². The Hall–Kier alpha value is -0.340. The molecule has 2 rings (SSSR count). The van der Waals surface area contributed by atoms with Gasteiger partial charge in [0.2, 0.25) is 0 Å². The van der Waals surface area contributed by atoms with Crippen LogP contribution in [0.25, 0.3) is 0 Å². The van der Waals surface area contributed by atoms with Crippen LogP contribution in [0, 0.1) is 5.41 Å². The summed E-state index contributed by atoms with van der Waals surface area (Å²) in [5, 5.41) is 3.68. The zero-order chi connectivity index (χ0) is 13.2. The van der Waals surface area contributed by atoms with Crippen molar-refractivity contribution >= 4 is 0 Å². The van der Waals surface area contributed by atoms with Crippen LogP contribution in [0.4, 0.5) is 0 Å². The molecule has 1 N–H and O–H groups in total. The Bertz CT molecular complexity index is 297. The summed E-state index contributed by atoms with van der Waals surface area (Å²) in [5.41, 5.74) is 2.00. The SMILES string of the molecule is CCC(CNC1CC1)N1CC=C(C(C)(C)C)CC1. The fraction of sp³-hybridized carbons (Fsp3) is 0.875. The Labute approximate surface area is 113 Å². The summed E-state index contributed by atoms with van der Waals surface area (Å²) in [5.74, 6) is 0. The predicted molar refractivity (Wildman–Crippen MR) is 78.8 cm³/mol. The number of nitrogens with zero attached hydrogens (tertiary/aromatic N) is 1. The molecular formula is C16H30N2. The van der Waals surface area contributed by atoms with E-state index in [1.807, 2.05) is 0 Å². The lowest BCUT2D eigenvalue weighted by Gasteiger charge is -2.36. The summed E-state index contributed by atoms with van der Waals surface area (Å²) >= 11 is 0. The van der Waals surface area contributed by atoms with Gasteiger partial charge in [0.25, 0.3) is 0 Å². The van der Waals surface area contributed by atoms with Crippen LogP contribution in [0.3, 0.4) is 0 Å². The van der Waals surface area contributed by atoms with Gasteiger partial charge in [0, 0.05) is 31.7 Å². The minimum atomic E-state index is 0.361. The van der Waals surface area contributed by atoms with Crippen molar-refractivity contribution in [2.24, 2.45) is 5.41 Å². The van der Waals surface area contributed by atoms with Gasteiger partial charge in [0.15, 0.2) is 0 Å². The first-order valence-corrected chi connectivity index (χ1v) is 7.67. The Morgan fingerprint density at radius 3 is 2.56 bits per heavy atom. The number of nitrogens with one attached hydrogen (secondary N) is 1. The molecule has 0 radical (unpaired) electrons. The highest BCUT2D eigenvalue weighted by atomic mass is 15.2. The average Bonchev–Trinajstić information content (AvgIpc) is 3.13. The third-order valence-electron chi connectivity index (χ3n) is 4.41. The van der Waals surface area contributed by atoms with Gasteiger partial charge in [0.1, 0.15) is 0 Å². The van der Waals surface area contributed by atoms with E-state index in [0.29, 0.717) is 5.41 Å². The third-order valence-corrected chi connectivity index (χ3v) is 4.41. The zero-order valence-corrected chi connectivity index (χ0v) is 12.6. The fourth-order valence-corrected chi connectivity index (χ4v) is 2.82. The largest absolute Gasteiger partial charge is 0.312 e. The molecule has 2 heteroatoms. The molecule has 0 aromatic carbocycles. The first-order chi connectivity index (χ1) is 8.50. The highest BCUT2D eigenvalue weighted by molar-refractivity contribution is 5.15. The maximum absolute atomic E-state index is 3.68. The van der Waals surface area contributed by atoms with E-state index in [-0.39, 0.29) is 0 Å². The Morgan fingerprint density at radius 2 is 2.11 bits per heavy atom. The summed E-state index contributed by atoms with van der Waals surface area (Å²) < 4.78 is 0. The quantitative estimate of drug-likeness (QED) is 0.754. The van der Waals surface area contributed by atoms with Gasteiger partial charge >= 0.3 is 0 Å². The highest BCUT2D eigenvalue weighted by Gasteiger charge is 2.26. The molecule has 104 valence electrons. The van der Waals surface area contributed by atoms with Gasteiger partial charge in [-0.05, 0) is 31.1 Å². The van der Waals surface area contributed by atoms with Crippen molar-refractivity contribution in [3.8, 4) is 0 Å². The lowest BCUT2D eigenvalue weighted by atomic mass is 9.82. The molecule has 0 aromatic heterocycles. The van der Waals surface area contributed by atoms with Gasteiger partial charge < -0.3 is 5.32 Å². The van der Waals surface area contributed by atoms with Gasteiger partial charge in [-0.1, -0.05) is 39.3 Å². The summed E-state index contributed by atoms with van der Waals surface area (Å²) in [4.78, 5) is 2.66. The van der Waals surface area contributed by atoms with Crippen molar-refractivity contribution < 1.29 is 0 Å². The van der Waals surface area contributed by atoms with Gasteiger partial charge in [-0.3, -0.25) is 4.90 Å². The molecular weight excluding hydrogens is 220 g/mol. The topological polar surface area (TPSA) is 15.3 Å². The monoisotopic (exact) mass is 250 g/mol. The van der Waals surface area contributed by atoms with Crippen molar-refractivity contribution in [2.45, 2.75) is 65.5 Å². The third kappa shape index (κ3) is 3.83. The summed E-state index contributed by atoms with van der Waals surface area (Å²) in [7, 11) is 0. The van der Waals surface area contributed by atoms with Crippen molar-refractivity contribution in [2.75, 3.05) is 19.6 Å². The van der Waals surface area contributed by atoms with Crippen molar-refractivity contribution in [1.29, 1.82) is 0 Å². The van der Waals surface area contributed by atoms with E-state index in [0.717, 1.165) is 18.6 Å². The smallest absolute Gasteiger partial charge is 0.0221 e. The molecule has 1 saturated carbocycles. The molecule has 0 amide bonds. The Balaban J connectivity index is 1.84. The maximum atomic E-state index is 3.68. The Morgan fingerprint density at radius 1 is 1.39 bits per heavy atom. The lowest BCUT2D eigenvalue weighted by molar-refractivity contribution is 0.193. The number of hydrogen-bond donors (Lipinski definition) is 1. The first kappa shape index (κ1) is 14.1. The highest BCUT2D eigenvalue weighted by Crippen LogP contribution is 2.30. The summed E-state index contributed by atoms with van der Waals surface area (Å²) in [6, 6.07) is 1.56. The number of rotatable bonds is 5. The molecule has 0 bridgehead atoms. The van der Waals surface area contributed by atoms with Crippen LogP contribution in [0.1, 0.15) is 53.4 Å². The second-order valence-corrected chi connectivity index (χ2v) is 6.97. The normalized spacial score (nSPS) is 23.9. The van der Waals surface area contributed by atoms with Crippen LogP contribution in [0.5, 0.6) is 0 Å². The summed E-state index contributed by atoms with van der Waals surface area (Å²) in [6.45, 7) is 12.9. The van der Waals surface area contributed by atoms with Gasteiger partial charge in [-0.2, -0.15) is 0 Å². The van der Waals surface area contributed by atoms with E-state index in [9.17, 15) is 0 Å². The second-order valence-electron chi connectivity index (χ2n) is 6.97. The molecule has 2 nitrogen and oxygen atoms in total. The van der Waals surface area contributed by atoms with Gasteiger partial charge in [-0.25, -0.2) is 0 Å². The molecule has 18 heavy (non-hydrogen) atoms. The Kier molecular flexibility index (Phi) is 4.50. The van der Waals surface area contributed by atoms with Crippen LogP contribution in [0.2, 0.25) is 0 Å². The van der Waals surface area contributed by atoms with E-state index in [1.54, 1.807) is 5.57 Å².